The van der Waals surface area contributed by atoms with E-state index in [9.17, 15) is 0 Å². The third-order valence-electron chi connectivity index (χ3n) is 6.40. The van der Waals surface area contributed by atoms with Crippen LogP contribution in [0.15, 0.2) is 101 Å². The highest BCUT2D eigenvalue weighted by Crippen LogP contribution is 2.38. The van der Waals surface area contributed by atoms with Gasteiger partial charge < -0.3 is 14.7 Å². The highest BCUT2D eigenvalue weighted by atomic mass is 16.3. The fraction of sp³-hybridized carbons (Fsp3) is 0.0323. The molecule has 0 fully saturated rings. The number of benzene rings is 4. The number of nitrogen functional groups attached to an aromatic ring is 1. The van der Waals surface area contributed by atoms with Gasteiger partial charge in [-0.3, -0.25) is 0 Å². The Morgan fingerprint density at radius 1 is 0.824 bits per heavy atom. The third kappa shape index (κ3) is 2.93. The molecule has 0 saturated heterocycles. The smallest absolute Gasteiger partial charge is 0.135 e. The minimum atomic E-state index is 0.708. The molecule has 4 aromatic carbocycles. The van der Waals surface area contributed by atoms with E-state index in [0.717, 1.165) is 49.8 Å². The summed E-state index contributed by atoms with van der Waals surface area (Å²) in [4.78, 5) is 0. The van der Waals surface area contributed by atoms with Crippen molar-refractivity contribution in [2.45, 2.75) is 6.92 Å². The monoisotopic (exact) mass is 438 g/mol. The Morgan fingerprint density at radius 3 is 2.09 bits per heavy atom. The van der Waals surface area contributed by atoms with Gasteiger partial charge in [-0.05, 0) is 61.0 Å². The number of furan rings is 1. The van der Waals surface area contributed by atoms with Crippen molar-refractivity contribution in [3.05, 3.63) is 103 Å². The van der Waals surface area contributed by atoms with E-state index in [4.69, 9.17) is 16.6 Å². The number of terminal acetylenes is 1. The van der Waals surface area contributed by atoms with E-state index < -0.39 is 0 Å². The summed E-state index contributed by atoms with van der Waals surface area (Å²) in [6.45, 7) is 2.05. The van der Waals surface area contributed by atoms with E-state index in [2.05, 4.69) is 84.2 Å². The fourth-order valence-corrected chi connectivity index (χ4v) is 4.94. The van der Waals surface area contributed by atoms with Crippen LogP contribution in [0.4, 0.5) is 5.69 Å². The molecular weight excluding hydrogens is 416 g/mol. The Balaban J connectivity index is 1.62. The molecule has 0 aliphatic rings. The Labute approximate surface area is 197 Å². The van der Waals surface area contributed by atoms with Crippen molar-refractivity contribution in [2.24, 2.45) is 0 Å². The van der Waals surface area contributed by atoms with E-state index >= 15 is 0 Å². The largest absolute Gasteiger partial charge is 0.456 e. The summed E-state index contributed by atoms with van der Waals surface area (Å²) in [7, 11) is 0. The topological polar surface area (TPSA) is 44.1 Å². The molecule has 6 aromatic rings. The molecule has 0 saturated carbocycles. The number of nitrogens with two attached hydrogens (primary N) is 1. The summed E-state index contributed by atoms with van der Waals surface area (Å²) in [6, 6.07) is 28.9. The standard InChI is InChI=1S/C31H22N2O/c1-3-9-22(20-14-16-30-25(18-20)26-19-21(32)15-17-31(26)34-30)27(4-2)33-28-12-7-5-10-23(28)24-11-6-8-13-29(24)33/h1,4-19H,32H2,2H3/b22-9-,27-4+. The normalized spacial score (nSPS) is 12.7. The Hall–Kier alpha value is -4.68. The van der Waals surface area contributed by atoms with Gasteiger partial charge in [-0.2, -0.15) is 0 Å². The molecule has 0 atom stereocenters. The minimum Gasteiger partial charge on any atom is -0.456 e. The van der Waals surface area contributed by atoms with Crippen LogP contribution in [0.2, 0.25) is 0 Å². The second-order valence-corrected chi connectivity index (χ2v) is 8.34. The molecule has 0 radical (unpaired) electrons. The van der Waals surface area contributed by atoms with Crippen LogP contribution in [-0.4, -0.2) is 4.57 Å². The van der Waals surface area contributed by atoms with Crippen LogP contribution in [0.1, 0.15) is 12.5 Å². The fourth-order valence-electron chi connectivity index (χ4n) is 4.94. The molecule has 162 valence electrons. The first-order valence-corrected chi connectivity index (χ1v) is 11.2. The first-order chi connectivity index (χ1) is 16.7. The average molecular weight is 439 g/mol. The highest BCUT2D eigenvalue weighted by Gasteiger charge is 2.18. The first-order valence-electron chi connectivity index (χ1n) is 11.2. The predicted molar refractivity (Wildman–Crippen MR) is 144 cm³/mol. The Kier molecular flexibility index (Phi) is 4.53. The molecule has 0 unspecified atom stereocenters. The van der Waals surface area contributed by atoms with Crippen molar-refractivity contribution in [3.63, 3.8) is 0 Å². The Morgan fingerprint density at radius 2 is 1.44 bits per heavy atom. The summed E-state index contributed by atoms with van der Waals surface area (Å²) >= 11 is 0. The van der Waals surface area contributed by atoms with Gasteiger partial charge in [0.05, 0.1) is 16.7 Å². The number of fused-ring (bicyclic) bond motifs is 6. The van der Waals surface area contributed by atoms with Crippen LogP contribution in [0.5, 0.6) is 0 Å². The lowest BCUT2D eigenvalue weighted by Crippen LogP contribution is -2.00. The van der Waals surface area contributed by atoms with Gasteiger partial charge in [0.25, 0.3) is 0 Å². The lowest BCUT2D eigenvalue weighted by Gasteiger charge is -2.16. The molecule has 0 amide bonds. The summed E-state index contributed by atoms with van der Waals surface area (Å²) < 4.78 is 8.34. The molecule has 0 aliphatic heterocycles. The summed E-state index contributed by atoms with van der Waals surface area (Å²) in [5.74, 6) is 2.77. The quantitative estimate of drug-likeness (QED) is 0.174. The van der Waals surface area contributed by atoms with Gasteiger partial charge in [0, 0.05) is 32.8 Å². The van der Waals surface area contributed by atoms with Gasteiger partial charge in [0.15, 0.2) is 0 Å². The van der Waals surface area contributed by atoms with Gasteiger partial charge in [0.1, 0.15) is 11.2 Å². The lowest BCUT2D eigenvalue weighted by atomic mass is 9.99. The van der Waals surface area contributed by atoms with Crippen LogP contribution >= 0.6 is 0 Å². The maximum Gasteiger partial charge on any atom is 0.135 e. The lowest BCUT2D eigenvalue weighted by molar-refractivity contribution is 0.669. The zero-order chi connectivity index (χ0) is 23.2. The van der Waals surface area contributed by atoms with Gasteiger partial charge >= 0.3 is 0 Å². The molecule has 3 heteroatoms. The number of hydrogen-bond donors (Lipinski definition) is 1. The van der Waals surface area contributed by atoms with Crippen molar-refractivity contribution in [2.75, 3.05) is 5.73 Å². The van der Waals surface area contributed by atoms with Crippen LogP contribution < -0.4 is 5.73 Å². The number of hydrogen-bond acceptors (Lipinski definition) is 2. The van der Waals surface area contributed by atoms with E-state index in [1.54, 1.807) is 0 Å². The molecular formula is C31H22N2O. The maximum absolute atomic E-state index is 6.07. The molecule has 2 aromatic heterocycles. The zero-order valence-corrected chi connectivity index (χ0v) is 18.7. The number of rotatable bonds is 3. The number of nitrogens with zero attached hydrogens (tertiary/aromatic N) is 1. The highest BCUT2D eigenvalue weighted by molar-refractivity contribution is 6.15. The molecule has 6 rings (SSSR count). The van der Waals surface area contributed by atoms with Gasteiger partial charge in [-0.15, -0.1) is 6.42 Å². The van der Waals surface area contributed by atoms with Gasteiger partial charge in [-0.25, -0.2) is 0 Å². The van der Waals surface area contributed by atoms with E-state index in [1.807, 2.05) is 30.3 Å². The third-order valence-corrected chi connectivity index (χ3v) is 6.40. The van der Waals surface area contributed by atoms with Gasteiger partial charge in [-0.1, -0.05) is 54.5 Å². The summed E-state index contributed by atoms with van der Waals surface area (Å²) in [5.41, 5.74) is 13.7. The van der Waals surface area contributed by atoms with Crippen LogP contribution in [0, 0.1) is 12.3 Å². The van der Waals surface area contributed by atoms with Crippen LogP contribution in [-0.2, 0) is 0 Å². The van der Waals surface area contributed by atoms with E-state index in [1.165, 1.54) is 10.8 Å². The van der Waals surface area contributed by atoms with Crippen molar-refractivity contribution in [1.29, 1.82) is 0 Å². The second kappa shape index (κ2) is 7.72. The van der Waals surface area contributed by atoms with E-state index in [-0.39, 0.29) is 0 Å². The zero-order valence-electron chi connectivity index (χ0n) is 18.7. The Bertz CT molecular complexity index is 1780. The van der Waals surface area contributed by atoms with Crippen molar-refractivity contribution in [3.8, 4) is 12.3 Å². The SMILES string of the molecule is C#C/C=C(\C(=C/C)n1c2ccccc2c2ccccc21)c1ccc2oc3ccc(N)cc3c2c1. The summed E-state index contributed by atoms with van der Waals surface area (Å²) in [5, 5.41) is 4.43. The average Bonchev–Trinajstić information content (AvgIpc) is 3.39. The molecule has 0 bridgehead atoms. The van der Waals surface area contributed by atoms with Crippen LogP contribution in [0.25, 0.3) is 55.0 Å². The number of allylic oxidation sites excluding steroid dienone is 4. The molecule has 0 spiro atoms. The minimum absolute atomic E-state index is 0.708. The molecule has 34 heavy (non-hydrogen) atoms. The molecule has 2 heterocycles. The number of para-hydroxylation sites is 2. The molecule has 3 nitrogen and oxygen atoms in total. The van der Waals surface area contributed by atoms with Crippen LogP contribution in [0.3, 0.4) is 0 Å². The second-order valence-electron chi connectivity index (χ2n) is 8.34. The summed E-state index contributed by atoms with van der Waals surface area (Å²) in [6.07, 6.45) is 9.81. The number of aromatic nitrogens is 1. The first kappa shape index (κ1) is 20.0. The van der Waals surface area contributed by atoms with Gasteiger partial charge in [0.2, 0.25) is 0 Å². The molecule has 0 aliphatic carbocycles. The molecule has 2 N–H and O–H groups in total. The predicted octanol–water partition coefficient (Wildman–Crippen LogP) is 7.85. The van der Waals surface area contributed by atoms with E-state index in [0.29, 0.717) is 5.69 Å². The van der Waals surface area contributed by atoms with Crippen molar-refractivity contribution < 1.29 is 4.42 Å². The number of anilines is 1. The van der Waals surface area contributed by atoms with Crippen molar-refractivity contribution in [1.82, 2.24) is 4.57 Å². The maximum atomic E-state index is 6.07. The van der Waals surface area contributed by atoms with Crippen molar-refractivity contribution >= 4 is 60.7 Å².